The lowest BCUT2D eigenvalue weighted by Gasteiger charge is -1.94. The highest BCUT2D eigenvalue weighted by Gasteiger charge is 2.05. The monoisotopic (exact) mass is 170 g/mol. The van der Waals surface area contributed by atoms with Crippen LogP contribution in [0.4, 0.5) is 0 Å². The SMILES string of the molecule is COC(=O)Cn1nnc(C=O)n1. The molecule has 7 nitrogen and oxygen atoms in total. The minimum Gasteiger partial charge on any atom is -0.468 e. The predicted octanol–water partition coefficient (Wildman–Crippen LogP) is -1.34. The maximum atomic E-state index is 10.6. The van der Waals surface area contributed by atoms with Gasteiger partial charge in [-0.25, -0.2) is 4.79 Å². The molecular weight excluding hydrogens is 164 g/mol. The van der Waals surface area contributed by atoms with E-state index in [2.05, 4.69) is 20.1 Å². The summed E-state index contributed by atoms with van der Waals surface area (Å²) in [6.07, 6.45) is 0.445. The number of carbonyl (C=O) groups is 2. The second kappa shape index (κ2) is 3.56. The molecule has 0 amide bonds. The number of ether oxygens (including phenoxy) is 1. The van der Waals surface area contributed by atoms with E-state index in [1.165, 1.54) is 7.11 Å². The molecule has 0 unspecified atom stereocenters. The van der Waals surface area contributed by atoms with Gasteiger partial charge in [0.15, 0.2) is 12.8 Å². The number of aromatic nitrogens is 4. The summed E-state index contributed by atoms with van der Waals surface area (Å²) in [6.45, 7) is -0.142. The van der Waals surface area contributed by atoms with E-state index in [-0.39, 0.29) is 12.4 Å². The molecule has 0 N–H and O–H groups in total. The van der Waals surface area contributed by atoms with Crippen LogP contribution >= 0.6 is 0 Å². The van der Waals surface area contributed by atoms with E-state index in [1.807, 2.05) is 0 Å². The minimum atomic E-state index is -0.496. The first kappa shape index (κ1) is 8.31. The van der Waals surface area contributed by atoms with Gasteiger partial charge < -0.3 is 4.74 Å². The molecule has 7 heteroatoms. The molecule has 1 aromatic heterocycles. The van der Waals surface area contributed by atoms with E-state index in [0.29, 0.717) is 6.29 Å². The third-order valence-corrected chi connectivity index (χ3v) is 1.07. The van der Waals surface area contributed by atoms with Gasteiger partial charge in [0.1, 0.15) is 0 Å². The number of tetrazole rings is 1. The Hall–Kier alpha value is -1.79. The smallest absolute Gasteiger partial charge is 0.329 e. The van der Waals surface area contributed by atoms with Crippen LogP contribution in [0.25, 0.3) is 0 Å². The van der Waals surface area contributed by atoms with Crippen LogP contribution in [0.5, 0.6) is 0 Å². The summed E-state index contributed by atoms with van der Waals surface area (Å²) in [4.78, 5) is 21.7. The lowest BCUT2D eigenvalue weighted by atomic mass is 10.7. The van der Waals surface area contributed by atoms with Gasteiger partial charge in [0.05, 0.1) is 7.11 Å². The first-order valence-electron chi connectivity index (χ1n) is 3.06. The van der Waals surface area contributed by atoms with E-state index < -0.39 is 5.97 Å². The molecule has 0 fully saturated rings. The molecule has 1 rings (SSSR count). The van der Waals surface area contributed by atoms with Crippen molar-refractivity contribution < 1.29 is 14.3 Å². The van der Waals surface area contributed by atoms with E-state index in [9.17, 15) is 9.59 Å². The largest absolute Gasteiger partial charge is 0.468 e. The Morgan fingerprint density at radius 3 is 3.00 bits per heavy atom. The van der Waals surface area contributed by atoms with Gasteiger partial charge in [-0.15, -0.1) is 10.2 Å². The molecule has 0 saturated carbocycles. The highest BCUT2D eigenvalue weighted by atomic mass is 16.5. The average molecular weight is 170 g/mol. The van der Waals surface area contributed by atoms with Gasteiger partial charge in [-0.3, -0.25) is 4.79 Å². The molecule has 0 aromatic carbocycles. The molecule has 64 valence electrons. The number of hydrogen-bond acceptors (Lipinski definition) is 6. The van der Waals surface area contributed by atoms with Gasteiger partial charge >= 0.3 is 5.97 Å². The zero-order chi connectivity index (χ0) is 8.97. The van der Waals surface area contributed by atoms with Crippen molar-refractivity contribution >= 4 is 12.3 Å². The number of rotatable bonds is 3. The van der Waals surface area contributed by atoms with E-state index >= 15 is 0 Å². The van der Waals surface area contributed by atoms with Crippen LogP contribution in [0, 0.1) is 0 Å². The van der Waals surface area contributed by atoms with Crippen molar-refractivity contribution in [2.24, 2.45) is 0 Å². The molecule has 1 aromatic rings. The summed E-state index contributed by atoms with van der Waals surface area (Å²) >= 11 is 0. The molecule has 0 atom stereocenters. The summed E-state index contributed by atoms with van der Waals surface area (Å²) < 4.78 is 4.34. The zero-order valence-electron chi connectivity index (χ0n) is 6.30. The summed E-state index contributed by atoms with van der Waals surface area (Å²) in [5, 5.41) is 10.3. The Labute approximate surface area is 67.3 Å². The van der Waals surface area contributed by atoms with Crippen LogP contribution in [-0.4, -0.2) is 39.6 Å². The first-order chi connectivity index (χ1) is 5.76. The van der Waals surface area contributed by atoms with Crippen molar-refractivity contribution in [1.29, 1.82) is 0 Å². The maximum absolute atomic E-state index is 10.6. The predicted molar refractivity (Wildman–Crippen MR) is 35.2 cm³/mol. The van der Waals surface area contributed by atoms with Crippen LogP contribution in [0.3, 0.4) is 0 Å². The fraction of sp³-hybridized carbons (Fsp3) is 0.400. The summed E-state index contributed by atoms with van der Waals surface area (Å²) in [6, 6.07) is 0. The van der Waals surface area contributed by atoms with Crippen molar-refractivity contribution in [2.75, 3.05) is 7.11 Å². The molecule has 0 aliphatic carbocycles. The van der Waals surface area contributed by atoms with Gasteiger partial charge in [-0.1, -0.05) is 0 Å². The van der Waals surface area contributed by atoms with Crippen LogP contribution in [0.1, 0.15) is 10.6 Å². The third-order valence-electron chi connectivity index (χ3n) is 1.07. The normalized spacial score (nSPS) is 9.42. The van der Waals surface area contributed by atoms with Crippen LogP contribution in [0.2, 0.25) is 0 Å². The summed E-state index contributed by atoms with van der Waals surface area (Å²) in [5.74, 6) is -0.552. The lowest BCUT2D eigenvalue weighted by Crippen LogP contribution is -2.14. The standard InChI is InChI=1S/C5H6N4O3/c1-12-5(11)2-9-7-4(3-10)6-8-9/h3H,2H2,1H3. The van der Waals surface area contributed by atoms with Crippen molar-refractivity contribution in [3.63, 3.8) is 0 Å². The second-order valence-electron chi connectivity index (χ2n) is 1.87. The zero-order valence-corrected chi connectivity index (χ0v) is 6.30. The molecular formula is C5H6N4O3. The van der Waals surface area contributed by atoms with Gasteiger partial charge in [0, 0.05) is 0 Å². The number of esters is 1. The Bertz CT molecular complexity index is 295. The molecule has 0 aliphatic heterocycles. The van der Waals surface area contributed by atoms with E-state index in [4.69, 9.17) is 0 Å². The Morgan fingerprint density at radius 1 is 1.75 bits per heavy atom. The molecule has 0 aliphatic rings. The lowest BCUT2D eigenvalue weighted by molar-refractivity contribution is -0.141. The molecule has 12 heavy (non-hydrogen) atoms. The fourth-order valence-electron chi connectivity index (χ4n) is 0.550. The van der Waals surface area contributed by atoms with Gasteiger partial charge in [0.25, 0.3) is 0 Å². The number of methoxy groups -OCH3 is 1. The van der Waals surface area contributed by atoms with Crippen LogP contribution in [-0.2, 0) is 16.1 Å². The van der Waals surface area contributed by atoms with E-state index in [0.717, 1.165) is 4.80 Å². The number of carbonyl (C=O) groups excluding carboxylic acids is 2. The summed E-state index contributed by atoms with van der Waals surface area (Å²) in [5.41, 5.74) is 0. The van der Waals surface area contributed by atoms with E-state index in [1.54, 1.807) is 0 Å². The number of nitrogens with zero attached hydrogens (tertiary/aromatic N) is 4. The first-order valence-corrected chi connectivity index (χ1v) is 3.06. The van der Waals surface area contributed by atoms with Gasteiger partial charge in [-0.2, -0.15) is 4.80 Å². The van der Waals surface area contributed by atoms with Crippen molar-refractivity contribution in [3.8, 4) is 0 Å². The van der Waals surface area contributed by atoms with Crippen LogP contribution < -0.4 is 0 Å². The third kappa shape index (κ3) is 1.84. The Kier molecular flexibility index (Phi) is 2.46. The minimum absolute atomic E-state index is 0.0566. The number of hydrogen-bond donors (Lipinski definition) is 0. The fourth-order valence-corrected chi connectivity index (χ4v) is 0.550. The quantitative estimate of drug-likeness (QED) is 0.412. The molecule has 0 saturated heterocycles. The molecule has 1 heterocycles. The summed E-state index contributed by atoms with van der Waals surface area (Å²) in [7, 11) is 1.25. The Morgan fingerprint density at radius 2 is 2.50 bits per heavy atom. The average Bonchev–Trinajstić information content (AvgIpc) is 2.52. The molecule has 0 bridgehead atoms. The van der Waals surface area contributed by atoms with Crippen molar-refractivity contribution in [1.82, 2.24) is 20.2 Å². The van der Waals surface area contributed by atoms with Crippen molar-refractivity contribution in [2.45, 2.75) is 6.54 Å². The highest BCUT2D eigenvalue weighted by Crippen LogP contribution is 1.83. The Balaban J connectivity index is 2.63. The topological polar surface area (TPSA) is 87.0 Å². The van der Waals surface area contributed by atoms with Crippen molar-refractivity contribution in [3.05, 3.63) is 5.82 Å². The second-order valence-corrected chi connectivity index (χ2v) is 1.87. The molecule has 0 spiro atoms. The molecule has 0 radical (unpaired) electrons. The van der Waals surface area contributed by atoms with Gasteiger partial charge in [-0.05, 0) is 5.21 Å². The number of aldehydes is 1. The van der Waals surface area contributed by atoms with Gasteiger partial charge in [0.2, 0.25) is 5.82 Å². The maximum Gasteiger partial charge on any atom is 0.329 e. The highest BCUT2D eigenvalue weighted by molar-refractivity contribution is 5.69. The van der Waals surface area contributed by atoms with Crippen LogP contribution in [0.15, 0.2) is 0 Å².